The summed E-state index contributed by atoms with van der Waals surface area (Å²) in [5.41, 5.74) is 1.09. The van der Waals surface area contributed by atoms with Gasteiger partial charge in [-0.1, -0.05) is 49.4 Å². The lowest BCUT2D eigenvalue weighted by Crippen LogP contribution is -2.44. The first kappa shape index (κ1) is 19.9. The molecule has 0 radical (unpaired) electrons. The number of nitrogens with one attached hydrogen (secondary N) is 2. The molecule has 2 rings (SSSR count). The molecule has 0 aliphatic carbocycles. The molecule has 0 aromatic heterocycles. The first-order valence-corrected chi connectivity index (χ1v) is 9.19. The summed E-state index contributed by atoms with van der Waals surface area (Å²) in [6.45, 7) is 8.86. The molecule has 26 heavy (non-hydrogen) atoms. The zero-order valence-corrected chi connectivity index (χ0v) is 16.1. The van der Waals surface area contributed by atoms with Gasteiger partial charge < -0.3 is 10.6 Å². The Morgan fingerprint density at radius 3 is 2.19 bits per heavy atom. The van der Waals surface area contributed by atoms with E-state index in [1.165, 1.54) is 0 Å². The SMILES string of the molecule is CCN(CC(=O)NC(C)C)CC(=O)NC(C)c1cccc2ccccc12. The van der Waals surface area contributed by atoms with Gasteiger partial charge in [-0.15, -0.1) is 0 Å². The van der Waals surface area contributed by atoms with Crippen molar-refractivity contribution in [3.8, 4) is 0 Å². The summed E-state index contributed by atoms with van der Waals surface area (Å²) in [4.78, 5) is 26.2. The van der Waals surface area contributed by atoms with Crippen molar-refractivity contribution >= 4 is 22.6 Å². The molecule has 0 saturated heterocycles. The van der Waals surface area contributed by atoms with E-state index in [1.807, 2.05) is 56.9 Å². The van der Waals surface area contributed by atoms with Crippen LogP contribution in [0.1, 0.15) is 39.3 Å². The number of rotatable bonds is 8. The van der Waals surface area contributed by atoms with E-state index in [0.717, 1.165) is 16.3 Å². The minimum Gasteiger partial charge on any atom is -0.353 e. The fourth-order valence-corrected chi connectivity index (χ4v) is 3.05. The van der Waals surface area contributed by atoms with Gasteiger partial charge in [0.2, 0.25) is 11.8 Å². The summed E-state index contributed by atoms with van der Waals surface area (Å²) in [5, 5.41) is 8.21. The molecule has 2 aromatic carbocycles. The summed E-state index contributed by atoms with van der Waals surface area (Å²) in [6, 6.07) is 14.3. The molecule has 2 N–H and O–H groups in total. The number of carbonyl (C=O) groups is 2. The number of nitrogens with zero attached hydrogens (tertiary/aromatic N) is 1. The normalized spacial score (nSPS) is 12.4. The van der Waals surface area contributed by atoms with Gasteiger partial charge in [0.05, 0.1) is 19.1 Å². The molecule has 0 fully saturated rings. The minimum atomic E-state index is -0.100. The van der Waals surface area contributed by atoms with E-state index in [2.05, 4.69) is 28.8 Å². The lowest BCUT2D eigenvalue weighted by atomic mass is 10.00. The summed E-state index contributed by atoms with van der Waals surface area (Å²) in [6.07, 6.45) is 0. The highest BCUT2D eigenvalue weighted by Crippen LogP contribution is 2.23. The van der Waals surface area contributed by atoms with Crippen molar-refractivity contribution < 1.29 is 9.59 Å². The average molecular weight is 355 g/mol. The Morgan fingerprint density at radius 2 is 1.54 bits per heavy atom. The lowest BCUT2D eigenvalue weighted by Gasteiger charge is -2.22. The predicted octanol–water partition coefficient (Wildman–Crippen LogP) is 2.86. The lowest BCUT2D eigenvalue weighted by molar-refractivity contribution is -0.125. The molecular formula is C21H29N3O2. The number of likely N-dealkylation sites (N-methyl/N-ethyl adjacent to an activating group) is 1. The third-order valence-electron chi connectivity index (χ3n) is 4.30. The van der Waals surface area contributed by atoms with Crippen LogP contribution in [0, 0.1) is 0 Å². The number of benzene rings is 2. The third-order valence-corrected chi connectivity index (χ3v) is 4.30. The van der Waals surface area contributed by atoms with Gasteiger partial charge in [-0.2, -0.15) is 0 Å². The van der Waals surface area contributed by atoms with Crippen molar-refractivity contribution in [3.63, 3.8) is 0 Å². The quantitative estimate of drug-likeness (QED) is 0.765. The molecule has 1 unspecified atom stereocenters. The Bertz CT molecular complexity index is 753. The van der Waals surface area contributed by atoms with Gasteiger partial charge in [0.1, 0.15) is 0 Å². The predicted molar refractivity (Wildman–Crippen MR) is 106 cm³/mol. The van der Waals surface area contributed by atoms with E-state index < -0.39 is 0 Å². The Hall–Kier alpha value is -2.40. The first-order valence-electron chi connectivity index (χ1n) is 9.19. The van der Waals surface area contributed by atoms with Crippen LogP contribution >= 0.6 is 0 Å². The molecule has 5 nitrogen and oxygen atoms in total. The second-order valence-electron chi connectivity index (χ2n) is 6.88. The van der Waals surface area contributed by atoms with Crippen molar-refractivity contribution in [2.75, 3.05) is 19.6 Å². The highest BCUT2D eigenvalue weighted by Gasteiger charge is 2.16. The van der Waals surface area contributed by atoms with E-state index in [0.29, 0.717) is 6.54 Å². The smallest absolute Gasteiger partial charge is 0.234 e. The number of hydrogen-bond acceptors (Lipinski definition) is 3. The molecule has 5 heteroatoms. The highest BCUT2D eigenvalue weighted by atomic mass is 16.2. The van der Waals surface area contributed by atoms with Crippen LogP contribution in [0.4, 0.5) is 0 Å². The molecule has 0 spiro atoms. The average Bonchev–Trinajstić information content (AvgIpc) is 2.59. The number of carbonyl (C=O) groups excluding carboxylic acids is 2. The Kier molecular flexibility index (Phi) is 7.16. The molecule has 0 saturated carbocycles. The standard InChI is InChI=1S/C21H29N3O2/c1-5-24(13-20(25)22-15(2)3)14-21(26)23-16(4)18-12-8-10-17-9-6-7-11-19(17)18/h6-12,15-16H,5,13-14H2,1-4H3,(H,22,25)(H,23,26). The van der Waals surface area contributed by atoms with Gasteiger partial charge in [0, 0.05) is 6.04 Å². The van der Waals surface area contributed by atoms with Crippen LogP contribution in [-0.2, 0) is 9.59 Å². The maximum absolute atomic E-state index is 12.5. The van der Waals surface area contributed by atoms with Gasteiger partial charge in [-0.3, -0.25) is 14.5 Å². The van der Waals surface area contributed by atoms with E-state index in [-0.39, 0.29) is 37.0 Å². The Balaban J connectivity index is 1.98. The summed E-state index contributed by atoms with van der Waals surface area (Å²) < 4.78 is 0. The van der Waals surface area contributed by atoms with Crippen LogP contribution in [0.15, 0.2) is 42.5 Å². The Labute approximate surface area is 155 Å². The van der Waals surface area contributed by atoms with Crippen molar-refractivity contribution in [1.29, 1.82) is 0 Å². The fourth-order valence-electron chi connectivity index (χ4n) is 3.05. The van der Waals surface area contributed by atoms with E-state index in [1.54, 1.807) is 0 Å². The van der Waals surface area contributed by atoms with Crippen LogP contribution in [0.3, 0.4) is 0 Å². The van der Waals surface area contributed by atoms with Crippen molar-refractivity contribution in [3.05, 3.63) is 48.0 Å². The molecule has 2 amide bonds. The van der Waals surface area contributed by atoms with Gasteiger partial charge in [-0.05, 0) is 43.7 Å². The van der Waals surface area contributed by atoms with E-state index in [9.17, 15) is 9.59 Å². The van der Waals surface area contributed by atoms with Crippen LogP contribution in [-0.4, -0.2) is 42.4 Å². The largest absolute Gasteiger partial charge is 0.353 e. The summed E-state index contributed by atoms with van der Waals surface area (Å²) in [5.74, 6) is -0.138. The minimum absolute atomic E-state index is 0.0586. The van der Waals surface area contributed by atoms with Crippen LogP contribution < -0.4 is 10.6 Å². The van der Waals surface area contributed by atoms with Gasteiger partial charge >= 0.3 is 0 Å². The Morgan fingerprint density at radius 1 is 0.923 bits per heavy atom. The van der Waals surface area contributed by atoms with Crippen molar-refractivity contribution in [2.24, 2.45) is 0 Å². The zero-order chi connectivity index (χ0) is 19.1. The monoisotopic (exact) mass is 355 g/mol. The molecule has 0 heterocycles. The van der Waals surface area contributed by atoms with Crippen LogP contribution in [0.25, 0.3) is 10.8 Å². The zero-order valence-electron chi connectivity index (χ0n) is 16.1. The third kappa shape index (κ3) is 5.56. The van der Waals surface area contributed by atoms with Crippen molar-refractivity contribution in [1.82, 2.24) is 15.5 Å². The summed E-state index contributed by atoms with van der Waals surface area (Å²) >= 11 is 0. The second-order valence-corrected chi connectivity index (χ2v) is 6.88. The van der Waals surface area contributed by atoms with Gasteiger partial charge in [-0.25, -0.2) is 0 Å². The molecule has 0 aliphatic rings. The maximum atomic E-state index is 12.5. The van der Waals surface area contributed by atoms with Gasteiger partial charge in [0.15, 0.2) is 0 Å². The van der Waals surface area contributed by atoms with Crippen LogP contribution in [0.2, 0.25) is 0 Å². The molecule has 0 aliphatic heterocycles. The van der Waals surface area contributed by atoms with E-state index in [4.69, 9.17) is 0 Å². The molecule has 0 bridgehead atoms. The fraction of sp³-hybridized carbons (Fsp3) is 0.429. The highest BCUT2D eigenvalue weighted by molar-refractivity contribution is 5.87. The van der Waals surface area contributed by atoms with Crippen LogP contribution in [0.5, 0.6) is 0 Å². The topological polar surface area (TPSA) is 61.4 Å². The van der Waals surface area contributed by atoms with Gasteiger partial charge in [0.25, 0.3) is 0 Å². The molecular weight excluding hydrogens is 326 g/mol. The molecule has 2 aromatic rings. The van der Waals surface area contributed by atoms with E-state index >= 15 is 0 Å². The molecule has 1 atom stereocenters. The maximum Gasteiger partial charge on any atom is 0.234 e. The number of fused-ring (bicyclic) bond motifs is 1. The molecule has 140 valence electrons. The first-order chi connectivity index (χ1) is 12.4. The second kappa shape index (κ2) is 9.34. The number of hydrogen-bond donors (Lipinski definition) is 2. The number of amides is 2. The summed E-state index contributed by atoms with van der Waals surface area (Å²) in [7, 11) is 0. The van der Waals surface area contributed by atoms with Crippen molar-refractivity contribution in [2.45, 2.75) is 39.8 Å².